The lowest BCUT2D eigenvalue weighted by Gasteiger charge is -2.22. The quantitative estimate of drug-likeness (QED) is 0.647. The molecule has 0 aromatic rings. The fraction of sp³-hybridized carbons (Fsp3) is 0.875. The van der Waals surface area contributed by atoms with E-state index in [4.69, 9.17) is 5.11 Å². The van der Waals surface area contributed by atoms with Crippen molar-refractivity contribution in [3.05, 3.63) is 0 Å². The molecule has 1 atom stereocenters. The summed E-state index contributed by atoms with van der Waals surface area (Å²) in [5, 5.41) is 8.87. The Bertz CT molecular complexity index is 114. The molecule has 0 aromatic carbocycles. The second-order valence-corrected chi connectivity index (χ2v) is 2.85. The second kappa shape index (κ2) is 3.71. The number of hydrogen-bond donors (Lipinski definition) is 1. The van der Waals surface area contributed by atoms with Gasteiger partial charge in [-0.05, 0) is 6.42 Å². The molecule has 0 radical (unpaired) electrons. The van der Waals surface area contributed by atoms with Crippen LogP contribution in [0.5, 0.6) is 0 Å². The standard InChI is InChI=1S/C8H16O2/c1-4-7(10)8(3,5-2)6-9/h9H,4-6H2,1-3H3. The molecular formula is C8H16O2. The topological polar surface area (TPSA) is 37.3 Å². The van der Waals surface area contributed by atoms with Crippen LogP contribution in [0.15, 0.2) is 0 Å². The van der Waals surface area contributed by atoms with Crippen molar-refractivity contribution in [2.45, 2.75) is 33.6 Å². The molecule has 0 aliphatic carbocycles. The lowest BCUT2D eigenvalue weighted by atomic mass is 9.83. The van der Waals surface area contributed by atoms with E-state index >= 15 is 0 Å². The summed E-state index contributed by atoms with van der Waals surface area (Å²) >= 11 is 0. The Morgan fingerprint density at radius 2 is 2.00 bits per heavy atom. The lowest BCUT2D eigenvalue weighted by molar-refractivity contribution is -0.129. The predicted molar refractivity (Wildman–Crippen MR) is 40.8 cm³/mol. The molecule has 0 heterocycles. The molecule has 0 amide bonds. The zero-order valence-corrected chi connectivity index (χ0v) is 6.98. The molecule has 1 N–H and O–H groups in total. The lowest BCUT2D eigenvalue weighted by Crippen LogP contribution is -2.30. The van der Waals surface area contributed by atoms with Crippen LogP contribution < -0.4 is 0 Å². The molecule has 2 nitrogen and oxygen atoms in total. The summed E-state index contributed by atoms with van der Waals surface area (Å²) in [6.07, 6.45) is 1.24. The summed E-state index contributed by atoms with van der Waals surface area (Å²) in [4.78, 5) is 11.1. The smallest absolute Gasteiger partial charge is 0.140 e. The number of aliphatic hydroxyl groups excluding tert-OH is 1. The molecule has 2 heteroatoms. The van der Waals surface area contributed by atoms with Gasteiger partial charge >= 0.3 is 0 Å². The molecule has 0 aliphatic rings. The van der Waals surface area contributed by atoms with Gasteiger partial charge in [0.25, 0.3) is 0 Å². The van der Waals surface area contributed by atoms with Crippen molar-refractivity contribution in [2.24, 2.45) is 5.41 Å². The van der Waals surface area contributed by atoms with Gasteiger partial charge in [-0.25, -0.2) is 0 Å². The Balaban J connectivity index is 4.17. The van der Waals surface area contributed by atoms with Gasteiger partial charge in [0.2, 0.25) is 0 Å². The van der Waals surface area contributed by atoms with E-state index in [1.807, 2.05) is 13.8 Å². The Morgan fingerprint density at radius 3 is 2.10 bits per heavy atom. The van der Waals surface area contributed by atoms with Crippen molar-refractivity contribution < 1.29 is 9.90 Å². The van der Waals surface area contributed by atoms with Crippen molar-refractivity contribution in [1.82, 2.24) is 0 Å². The van der Waals surface area contributed by atoms with E-state index in [2.05, 4.69) is 0 Å². The van der Waals surface area contributed by atoms with Gasteiger partial charge < -0.3 is 5.11 Å². The summed E-state index contributed by atoms with van der Waals surface area (Å²) in [5.41, 5.74) is -0.491. The van der Waals surface area contributed by atoms with E-state index in [0.29, 0.717) is 6.42 Å². The molecule has 0 saturated heterocycles. The molecule has 0 fully saturated rings. The van der Waals surface area contributed by atoms with Gasteiger partial charge in [0.05, 0.1) is 6.61 Å². The number of carbonyl (C=O) groups excluding carboxylic acids is 1. The molecule has 60 valence electrons. The van der Waals surface area contributed by atoms with E-state index in [-0.39, 0.29) is 12.4 Å². The number of Topliss-reactive ketones (excluding diaryl/α,β-unsaturated/α-hetero) is 1. The first kappa shape index (κ1) is 9.63. The summed E-state index contributed by atoms with van der Waals surface area (Å²) in [5.74, 6) is 0.150. The van der Waals surface area contributed by atoms with Crippen LogP contribution in [0.25, 0.3) is 0 Å². The number of aliphatic hydroxyl groups is 1. The van der Waals surface area contributed by atoms with Crippen LogP contribution in [-0.2, 0) is 4.79 Å². The Hall–Kier alpha value is -0.370. The van der Waals surface area contributed by atoms with Gasteiger partial charge in [-0.1, -0.05) is 20.8 Å². The van der Waals surface area contributed by atoms with Gasteiger partial charge in [0.1, 0.15) is 5.78 Å². The maximum Gasteiger partial charge on any atom is 0.140 e. The van der Waals surface area contributed by atoms with Crippen LogP contribution in [-0.4, -0.2) is 17.5 Å². The first-order valence-corrected chi connectivity index (χ1v) is 3.75. The minimum absolute atomic E-state index is 0.0316. The third-order valence-electron chi connectivity index (χ3n) is 2.12. The zero-order valence-electron chi connectivity index (χ0n) is 6.98. The molecule has 0 spiro atoms. The number of ketones is 1. The second-order valence-electron chi connectivity index (χ2n) is 2.85. The summed E-state index contributed by atoms with van der Waals surface area (Å²) < 4.78 is 0. The Morgan fingerprint density at radius 1 is 1.50 bits per heavy atom. The Labute approximate surface area is 62.2 Å². The molecule has 0 aromatic heterocycles. The fourth-order valence-electron chi connectivity index (χ4n) is 0.824. The highest BCUT2D eigenvalue weighted by atomic mass is 16.3. The highest BCUT2D eigenvalue weighted by Crippen LogP contribution is 2.22. The first-order valence-electron chi connectivity index (χ1n) is 3.75. The summed E-state index contributed by atoms with van der Waals surface area (Å²) in [7, 11) is 0. The fourth-order valence-corrected chi connectivity index (χ4v) is 0.824. The van der Waals surface area contributed by atoms with E-state index in [1.165, 1.54) is 0 Å². The van der Waals surface area contributed by atoms with Crippen molar-refractivity contribution in [3.8, 4) is 0 Å². The molecule has 0 rings (SSSR count). The van der Waals surface area contributed by atoms with Crippen molar-refractivity contribution in [2.75, 3.05) is 6.61 Å². The van der Waals surface area contributed by atoms with E-state index in [9.17, 15) is 4.79 Å². The normalized spacial score (nSPS) is 16.4. The average Bonchev–Trinajstić information content (AvgIpc) is 2.01. The van der Waals surface area contributed by atoms with Gasteiger partial charge in [0, 0.05) is 11.8 Å². The van der Waals surface area contributed by atoms with Crippen LogP contribution in [0.3, 0.4) is 0 Å². The number of hydrogen-bond acceptors (Lipinski definition) is 2. The van der Waals surface area contributed by atoms with Crippen LogP contribution in [0, 0.1) is 5.41 Å². The predicted octanol–water partition coefficient (Wildman–Crippen LogP) is 1.37. The molecule has 0 aliphatic heterocycles. The van der Waals surface area contributed by atoms with Crippen molar-refractivity contribution in [3.63, 3.8) is 0 Å². The number of carbonyl (C=O) groups is 1. The summed E-state index contributed by atoms with van der Waals surface area (Å²) in [6.45, 7) is 5.52. The van der Waals surface area contributed by atoms with Crippen molar-refractivity contribution >= 4 is 5.78 Å². The third kappa shape index (κ3) is 1.81. The van der Waals surface area contributed by atoms with Crippen LogP contribution in [0.2, 0.25) is 0 Å². The molecule has 10 heavy (non-hydrogen) atoms. The molecule has 1 unspecified atom stereocenters. The van der Waals surface area contributed by atoms with Crippen LogP contribution >= 0.6 is 0 Å². The largest absolute Gasteiger partial charge is 0.395 e. The highest BCUT2D eigenvalue weighted by Gasteiger charge is 2.28. The van der Waals surface area contributed by atoms with Gasteiger partial charge in [0.15, 0.2) is 0 Å². The van der Waals surface area contributed by atoms with Crippen molar-refractivity contribution in [1.29, 1.82) is 0 Å². The maximum absolute atomic E-state index is 11.1. The highest BCUT2D eigenvalue weighted by molar-refractivity contribution is 5.84. The Kier molecular flexibility index (Phi) is 3.58. The van der Waals surface area contributed by atoms with E-state index in [1.54, 1.807) is 6.92 Å². The van der Waals surface area contributed by atoms with Gasteiger partial charge in [-0.3, -0.25) is 4.79 Å². The minimum Gasteiger partial charge on any atom is -0.395 e. The monoisotopic (exact) mass is 144 g/mol. The minimum atomic E-state index is -0.491. The number of rotatable bonds is 4. The van der Waals surface area contributed by atoms with E-state index < -0.39 is 5.41 Å². The average molecular weight is 144 g/mol. The van der Waals surface area contributed by atoms with E-state index in [0.717, 1.165) is 6.42 Å². The first-order chi connectivity index (χ1) is 4.60. The molecular weight excluding hydrogens is 128 g/mol. The zero-order chi connectivity index (χ0) is 8.20. The van der Waals surface area contributed by atoms with Gasteiger partial charge in [-0.15, -0.1) is 0 Å². The summed E-state index contributed by atoms with van der Waals surface area (Å²) in [6, 6.07) is 0. The van der Waals surface area contributed by atoms with Crippen LogP contribution in [0.1, 0.15) is 33.6 Å². The SMILES string of the molecule is CCC(=O)C(C)(CC)CO. The molecule has 0 bridgehead atoms. The van der Waals surface area contributed by atoms with Crippen LogP contribution in [0.4, 0.5) is 0 Å². The third-order valence-corrected chi connectivity index (χ3v) is 2.12. The molecule has 0 saturated carbocycles. The maximum atomic E-state index is 11.1. The van der Waals surface area contributed by atoms with Gasteiger partial charge in [-0.2, -0.15) is 0 Å².